The Morgan fingerprint density at radius 1 is 1.45 bits per heavy atom. The van der Waals surface area contributed by atoms with Gasteiger partial charge in [0.25, 0.3) is 5.69 Å². The Morgan fingerprint density at radius 3 is 2.90 bits per heavy atom. The third-order valence-electron chi connectivity index (χ3n) is 2.74. The number of nitrogens with one attached hydrogen (secondary N) is 2. The van der Waals surface area contributed by atoms with Gasteiger partial charge < -0.3 is 15.1 Å². The van der Waals surface area contributed by atoms with Crippen molar-refractivity contribution in [2.45, 2.75) is 0 Å². The lowest BCUT2D eigenvalue weighted by Crippen LogP contribution is -1.91. The first kappa shape index (κ1) is 12.2. The van der Waals surface area contributed by atoms with Crippen molar-refractivity contribution in [3.63, 3.8) is 0 Å². The zero-order valence-electron chi connectivity index (χ0n) is 9.82. The van der Waals surface area contributed by atoms with E-state index in [2.05, 4.69) is 19.9 Å². The predicted octanol–water partition coefficient (Wildman–Crippen LogP) is 2.34. The van der Waals surface area contributed by atoms with Crippen LogP contribution in [0.2, 0.25) is 0 Å². The van der Waals surface area contributed by atoms with E-state index in [-0.39, 0.29) is 16.3 Å². The van der Waals surface area contributed by atoms with E-state index < -0.39 is 4.92 Å². The van der Waals surface area contributed by atoms with E-state index in [4.69, 9.17) is 12.2 Å². The molecule has 0 aliphatic carbocycles. The van der Waals surface area contributed by atoms with Crippen LogP contribution >= 0.6 is 12.2 Å². The second-order valence-electron chi connectivity index (χ2n) is 4.02. The average Bonchev–Trinajstić information content (AvgIpc) is 2.93. The predicted molar refractivity (Wildman–Crippen MR) is 74.6 cm³/mol. The van der Waals surface area contributed by atoms with E-state index in [0.717, 1.165) is 6.20 Å². The molecule has 3 rings (SSSR count). The van der Waals surface area contributed by atoms with E-state index in [1.165, 1.54) is 12.3 Å². The molecule has 20 heavy (non-hydrogen) atoms. The van der Waals surface area contributed by atoms with Crippen molar-refractivity contribution < 1.29 is 10.0 Å². The first-order chi connectivity index (χ1) is 9.54. The standard InChI is InChI=1S/C11H7N5O3S/c17-10-8(14-11(20)15-10)1-5-3-12-9-7(5)2-6(4-13-9)16(18)19/h1-4,17H,(H2,14,15,20). The van der Waals surface area contributed by atoms with Crippen LogP contribution in [0.1, 0.15) is 11.3 Å². The van der Waals surface area contributed by atoms with Gasteiger partial charge in [-0.3, -0.25) is 10.1 Å². The van der Waals surface area contributed by atoms with Gasteiger partial charge in [0.2, 0.25) is 5.88 Å². The first-order valence-electron chi connectivity index (χ1n) is 5.46. The quantitative estimate of drug-likeness (QED) is 0.445. The molecule has 0 saturated carbocycles. The smallest absolute Gasteiger partial charge is 0.288 e. The maximum absolute atomic E-state index is 10.8. The molecule has 0 unspecified atom stereocenters. The third kappa shape index (κ3) is 1.99. The summed E-state index contributed by atoms with van der Waals surface area (Å²) >= 11 is 4.86. The number of hydrogen-bond donors (Lipinski definition) is 3. The van der Waals surface area contributed by atoms with E-state index in [0.29, 0.717) is 22.6 Å². The van der Waals surface area contributed by atoms with Crippen molar-refractivity contribution in [3.8, 4) is 5.88 Å². The molecule has 1 aliphatic rings. The number of H-pyrrole nitrogens is 2. The van der Waals surface area contributed by atoms with Gasteiger partial charge in [-0.1, -0.05) is 0 Å². The molecule has 0 amide bonds. The van der Waals surface area contributed by atoms with Gasteiger partial charge in [-0.05, 0) is 18.3 Å². The summed E-state index contributed by atoms with van der Waals surface area (Å²) in [5.74, 6) is 0.290. The number of aromatic hydroxyl groups is 1. The molecular weight excluding hydrogens is 282 g/mol. The molecule has 8 nitrogen and oxygen atoms in total. The van der Waals surface area contributed by atoms with Crippen LogP contribution in [0.3, 0.4) is 0 Å². The molecule has 0 saturated heterocycles. The largest absolute Gasteiger partial charge is 0.493 e. The van der Waals surface area contributed by atoms with Gasteiger partial charge in [0.1, 0.15) is 11.9 Å². The number of pyridine rings is 1. The van der Waals surface area contributed by atoms with Crippen molar-refractivity contribution in [2.24, 2.45) is 4.99 Å². The van der Waals surface area contributed by atoms with E-state index in [1.54, 1.807) is 6.08 Å². The average molecular weight is 289 g/mol. The lowest BCUT2D eigenvalue weighted by Gasteiger charge is -1.98. The summed E-state index contributed by atoms with van der Waals surface area (Å²) in [4.78, 5) is 23.5. The lowest BCUT2D eigenvalue weighted by molar-refractivity contribution is -0.385. The number of aromatic nitrogens is 3. The molecule has 2 aromatic heterocycles. The highest BCUT2D eigenvalue weighted by molar-refractivity contribution is 7.71. The zero-order chi connectivity index (χ0) is 14.3. The number of nitro groups is 1. The fraction of sp³-hybridized carbons (Fsp3) is 0. The van der Waals surface area contributed by atoms with Crippen molar-refractivity contribution in [2.75, 3.05) is 0 Å². The van der Waals surface area contributed by atoms with Crippen LogP contribution in [-0.2, 0) is 0 Å². The highest BCUT2D eigenvalue weighted by Crippen LogP contribution is 2.33. The SMILES string of the molecule is O=[N+]([O-])c1cnc2c(c1)C(=Cc1[nH]c(=S)[nH]c1O)C=N2. The molecule has 100 valence electrons. The van der Waals surface area contributed by atoms with Gasteiger partial charge in [-0.25, -0.2) is 9.98 Å². The lowest BCUT2D eigenvalue weighted by atomic mass is 10.1. The molecule has 0 radical (unpaired) electrons. The van der Waals surface area contributed by atoms with Gasteiger partial charge in [-0.15, -0.1) is 0 Å². The monoisotopic (exact) mass is 289 g/mol. The van der Waals surface area contributed by atoms with Crippen LogP contribution in [0.25, 0.3) is 11.6 Å². The number of aromatic amines is 2. The number of imidazole rings is 1. The fourth-order valence-corrected chi connectivity index (χ4v) is 2.03. The maximum Gasteiger partial charge on any atom is 0.288 e. The molecule has 2 aromatic rings. The summed E-state index contributed by atoms with van der Waals surface area (Å²) in [5, 5.41) is 20.4. The molecule has 0 fully saturated rings. The van der Waals surface area contributed by atoms with E-state index >= 15 is 0 Å². The molecule has 0 atom stereocenters. The minimum atomic E-state index is -0.523. The molecule has 1 aliphatic heterocycles. The van der Waals surface area contributed by atoms with Gasteiger partial charge in [0, 0.05) is 23.4 Å². The summed E-state index contributed by atoms with van der Waals surface area (Å²) in [5.41, 5.74) is 1.37. The van der Waals surface area contributed by atoms with Gasteiger partial charge in [-0.2, -0.15) is 0 Å². The van der Waals surface area contributed by atoms with Crippen molar-refractivity contribution in [1.29, 1.82) is 0 Å². The van der Waals surface area contributed by atoms with Gasteiger partial charge >= 0.3 is 0 Å². The van der Waals surface area contributed by atoms with Crippen molar-refractivity contribution in [3.05, 3.63) is 38.4 Å². The Hall–Kier alpha value is -2.81. The fourth-order valence-electron chi connectivity index (χ4n) is 1.82. The number of rotatable bonds is 2. The number of aliphatic imine (C=N–C) groups is 1. The first-order valence-corrected chi connectivity index (χ1v) is 5.87. The summed E-state index contributed by atoms with van der Waals surface area (Å²) in [7, 11) is 0. The molecule has 9 heteroatoms. The number of fused-ring (bicyclic) bond motifs is 1. The van der Waals surface area contributed by atoms with Crippen LogP contribution in [0, 0.1) is 14.9 Å². The molecule has 3 heterocycles. The maximum atomic E-state index is 10.8. The minimum absolute atomic E-state index is 0.109. The molecule has 0 aromatic carbocycles. The number of nitrogens with zero attached hydrogens (tertiary/aromatic N) is 3. The van der Waals surface area contributed by atoms with Crippen LogP contribution in [0.15, 0.2) is 17.3 Å². The Bertz CT molecular complexity index is 833. The Kier molecular flexibility index (Phi) is 2.68. The zero-order valence-corrected chi connectivity index (χ0v) is 10.6. The Morgan fingerprint density at radius 2 is 2.25 bits per heavy atom. The van der Waals surface area contributed by atoms with Gasteiger partial charge in [0.05, 0.1) is 4.92 Å². The normalized spacial score (nSPS) is 14.7. The minimum Gasteiger partial charge on any atom is -0.493 e. The van der Waals surface area contributed by atoms with Crippen LogP contribution in [-0.4, -0.2) is 31.2 Å². The summed E-state index contributed by atoms with van der Waals surface area (Å²) < 4.78 is 0.279. The Balaban J connectivity index is 2.10. The van der Waals surface area contributed by atoms with Gasteiger partial charge in [0.15, 0.2) is 10.6 Å². The highest BCUT2D eigenvalue weighted by atomic mass is 32.1. The molecular formula is C11H7N5O3S. The summed E-state index contributed by atoms with van der Waals surface area (Å²) in [6, 6.07) is 1.39. The number of hydrogen-bond acceptors (Lipinski definition) is 6. The second-order valence-corrected chi connectivity index (χ2v) is 4.43. The highest BCUT2D eigenvalue weighted by Gasteiger charge is 2.19. The second kappa shape index (κ2) is 4.38. The molecule has 3 N–H and O–H groups in total. The van der Waals surface area contributed by atoms with Crippen molar-refractivity contribution >= 4 is 41.6 Å². The summed E-state index contributed by atoms with van der Waals surface area (Å²) in [6.07, 6.45) is 4.26. The topological polar surface area (TPSA) is 120 Å². The van der Waals surface area contributed by atoms with Crippen LogP contribution in [0.5, 0.6) is 5.88 Å². The number of allylic oxidation sites excluding steroid dienone is 1. The summed E-state index contributed by atoms with van der Waals surface area (Å²) in [6.45, 7) is 0. The van der Waals surface area contributed by atoms with Crippen molar-refractivity contribution in [1.82, 2.24) is 15.0 Å². The van der Waals surface area contributed by atoms with E-state index in [9.17, 15) is 15.2 Å². The van der Waals surface area contributed by atoms with Crippen LogP contribution in [0.4, 0.5) is 11.5 Å². The molecule has 0 bridgehead atoms. The van der Waals surface area contributed by atoms with Crippen LogP contribution < -0.4 is 0 Å². The third-order valence-corrected chi connectivity index (χ3v) is 2.94. The Labute approximate surface area is 116 Å². The van der Waals surface area contributed by atoms with E-state index in [1.807, 2.05) is 0 Å². The molecule has 0 spiro atoms.